The van der Waals surface area contributed by atoms with Crippen molar-refractivity contribution in [3.05, 3.63) is 29.8 Å². The SMILES string of the molecule is CCOC(=O)c1ccc(NCCCSC)cc1. The van der Waals surface area contributed by atoms with E-state index >= 15 is 0 Å². The van der Waals surface area contributed by atoms with Crippen molar-refractivity contribution in [2.24, 2.45) is 0 Å². The standard InChI is InChI=1S/C13H19NO2S/c1-3-16-13(15)11-5-7-12(8-6-11)14-9-4-10-17-2/h5-8,14H,3-4,9-10H2,1-2H3. The Morgan fingerprint density at radius 1 is 1.35 bits per heavy atom. The number of carbonyl (C=O) groups excluding carboxylic acids is 1. The van der Waals surface area contributed by atoms with Gasteiger partial charge in [0.2, 0.25) is 0 Å². The zero-order valence-corrected chi connectivity index (χ0v) is 11.2. The van der Waals surface area contributed by atoms with Crippen LogP contribution in [0.3, 0.4) is 0 Å². The lowest BCUT2D eigenvalue weighted by molar-refractivity contribution is 0.0526. The Morgan fingerprint density at radius 3 is 2.65 bits per heavy atom. The van der Waals surface area contributed by atoms with Gasteiger partial charge in [-0.05, 0) is 49.6 Å². The van der Waals surface area contributed by atoms with E-state index in [0.717, 1.165) is 24.4 Å². The van der Waals surface area contributed by atoms with Gasteiger partial charge in [0.15, 0.2) is 0 Å². The molecular formula is C13H19NO2S. The van der Waals surface area contributed by atoms with Crippen LogP contribution < -0.4 is 5.32 Å². The van der Waals surface area contributed by atoms with Crippen molar-refractivity contribution in [3.63, 3.8) is 0 Å². The molecule has 0 heterocycles. The van der Waals surface area contributed by atoms with Crippen LogP contribution in [-0.4, -0.2) is 31.1 Å². The summed E-state index contributed by atoms with van der Waals surface area (Å²) in [6.07, 6.45) is 3.24. The van der Waals surface area contributed by atoms with E-state index < -0.39 is 0 Å². The monoisotopic (exact) mass is 253 g/mol. The number of carbonyl (C=O) groups is 1. The van der Waals surface area contributed by atoms with E-state index in [0.29, 0.717) is 12.2 Å². The third-order valence-corrected chi connectivity index (χ3v) is 2.95. The Labute approximate surface area is 107 Å². The van der Waals surface area contributed by atoms with E-state index in [4.69, 9.17) is 4.74 Å². The third-order valence-electron chi connectivity index (χ3n) is 2.25. The summed E-state index contributed by atoms with van der Waals surface area (Å²) < 4.78 is 4.92. The van der Waals surface area contributed by atoms with Gasteiger partial charge >= 0.3 is 5.97 Å². The molecule has 1 aromatic carbocycles. The van der Waals surface area contributed by atoms with Gasteiger partial charge in [-0.15, -0.1) is 0 Å². The number of esters is 1. The molecule has 1 N–H and O–H groups in total. The van der Waals surface area contributed by atoms with Crippen LogP contribution >= 0.6 is 11.8 Å². The largest absolute Gasteiger partial charge is 0.462 e. The van der Waals surface area contributed by atoms with Gasteiger partial charge in [-0.3, -0.25) is 0 Å². The molecule has 0 aliphatic heterocycles. The summed E-state index contributed by atoms with van der Waals surface area (Å²) >= 11 is 1.85. The van der Waals surface area contributed by atoms with Crippen LogP contribution in [0.5, 0.6) is 0 Å². The lowest BCUT2D eigenvalue weighted by Gasteiger charge is -2.06. The molecule has 0 radical (unpaired) electrons. The van der Waals surface area contributed by atoms with Crippen LogP contribution in [0, 0.1) is 0 Å². The molecule has 0 saturated heterocycles. The fourth-order valence-electron chi connectivity index (χ4n) is 1.39. The first-order chi connectivity index (χ1) is 8.27. The van der Waals surface area contributed by atoms with Crippen molar-refractivity contribution >= 4 is 23.4 Å². The number of nitrogens with one attached hydrogen (secondary N) is 1. The number of benzene rings is 1. The highest BCUT2D eigenvalue weighted by molar-refractivity contribution is 7.98. The topological polar surface area (TPSA) is 38.3 Å². The second-order valence-electron chi connectivity index (χ2n) is 3.57. The summed E-state index contributed by atoms with van der Waals surface area (Å²) in [5.74, 6) is 0.898. The molecule has 0 fully saturated rings. The molecular weight excluding hydrogens is 234 g/mol. The molecule has 0 atom stereocenters. The number of thioether (sulfide) groups is 1. The Morgan fingerprint density at radius 2 is 2.06 bits per heavy atom. The number of rotatable bonds is 7. The molecule has 0 saturated carbocycles. The van der Waals surface area contributed by atoms with Crippen LogP contribution in [0.15, 0.2) is 24.3 Å². The first-order valence-electron chi connectivity index (χ1n) is 5.78. The van der Waals surface area contributed by atoms with E-state index in [1.54, 1.807) is 19.1 Å². The predicted octanol–water partition coefficient (Wildman–Crippen LogP) is 3.03. The van der Waals surface area contributed by atoms with Gasteiger partial charge in [-0.2, -0.15) is 11.8 Å². The quantitative estimate of drug-likeness (QED) is 0.599. The minimum absolute atomic E-state index is 0.263. The Bertz CT molecular complexity index is 338. The fourth-order valence-corrected chi connectivity index (χ4v) is 1.82. The highest BCUT2D eigenvalue weighted by Gasteiger charge is 2.04. The second kappa shape index (κ2) is 8.01. The highest BCUT2D eigenvalue weighted by atomic mass is 32.2. The summed E-state index contributed by atoms with van der Waals surface area (Å²) in [7, 11) is 0. The van der Waals surface area contributed by atoms with E-state index in [1.807, 2.05) is 23.9 Å². The summed E-state index contributed by atoms with van der Waals surface area (Å²) in [5, 5.41) is 3.31. The van der Waals surface area contributed by atoms with Gasteiger partial charge in [0.05, 0.1) is 12.2 Å². The lowest BCUT2D eigenvalue weighted by atomic mass is 10.2. The van der Waals surface area contributed by atoms with Crippen LogP contribution in [0.2, 0.25) is 0 Å². The van der Waals surface area contributed by atoms with E-state index in [1.165, 1.54) is 0 Å². The van der Waals surface area contributed by atoms with Gasteiger partial charge in [-0.1, -0.05) is 0 Å². The molecule has 0 unspecified atom stereocenters. The molecule has 4 heteroatoms. The van der Waals surface area contributed by atoms with Gasteiger partial charge < -0.3 is 10.1 Å². The Balaban J connectivity index is 2.42. The van der Waals surface area contributed by atoms with Gasteiger partial charge in [0.25, 0.3) is 0 Å². The number of ether oxygens (including phenoxy) is 1. The molecule has 17 heavy (non-hydrogen) atoms. The van der Waals surface area contributed by atoms with Crippen molar-refractivity contribution in [2.75, 3.05) is 30.5 Å². The number of hydrogen-bond acceptors (Lipinski definition) is 4. The Kier molecular flexibility index (Phi) is 6.55. The van der Waals surface area contributed by atoms with Gasteiger partial charge in [0.1, 0.15) is 0 Å². The predicted molar refractivity (Wildman–Crippen MR) is 73.9 cm³/mol. The molecule has 0 aliphatic rings. The van der Waals surface area contributed by atoms with Crippen molar-refractivity contribution in [3.8, 4) is 0 Å². The molecule has 3 nitrogen and oxygen atoms in total. The smallest absolute Gasteiger partial charge is 0.338 e. The second-order valence-corrected chi connectivity index (χ2v) is 4.56. The molecule has 0 aromatic heterocycles. The normalized spacial score (nSPS) is 10.0. The average Bonchev–Trinajstić information content (AvgIpc) is 2.36. The Hall–Kier alpha value is -1.16. The molecule has 0 amide bonds. The molecule has 94 valence electrons. The summed E-state index contributed by atoms with van der Waals surface area (Å²) in [4.78, 5) is 11.4. The van der Waals surface area contributed by atoms with Crippen molar-refractivity contribution in [1.29, 1.82) is 0 Å². The van der Waals surface area contributed by atoms with Crippen molar-refractivity contribution in [2.45, 2.75) is 13.3 Å². The van der Waals surface area contributed by atoms with Gasteiger partial charge in [-0.25, -0.2) is 4.79 Å². The molecule has 0 aliphatic carbocycles. The first-order valence-corrected chi connectivity index (χ1v) is 7.17. The molecule has 1 aromatic rings. The maximum absolute atomic E-state index is 11.4. The molecule has 0 spiro atoms. The van der Waals surface area contributed by atoms with Crippen LogP contribution in [0.4, 0.5) is 5.69 Å². The number of hydrogen-bond donors (Lipinski definition) is 1. The third kappa shape index (κ3) is 5.13. The van der Waals surface area contributed by atoms with E-state index in [-0.39, 0.29) is 5.97 Å². The van der Waals surface area contributed by atoms with Crippen molar-refractivity contribution in [1.82, 2.24) is 0 Å². The summed E-state index contributed by atoms with van der Waals surface area (Å²) in [6.45, 7) is 3.17. The van der Waals surface area contributed by atoms with Crippen LogP contribution in [-0.2, 0) is 4.74 Å². The highest BCUT2D eigenvalue weighted by Crippen LogP contribution is 2.10. The zero-order chi connectivity index (χ0) is 12.5. The van der Waals surface area contributed by atoms with Gasteiger partial charge in [0, 0.05) is 12.2 Å². The maximum Gasteiger partial charge on any atom is 0.338 e. The number of anilines is 1. The lowest BCUT2D eigenvalue weighted by Crippen LogP contribution is -2.05. The summed E-state index contributed by atoms with van der Waals surface area (Å²) in [5.41, 5.74) is 1.64. The van der Waals surface area contributed by atoms with Crippen LogP contribution in [0.25, 0.3) is 0 Å². The van der Waals surface area contributed by atoms with E-state index in [2.05, 4.69) is 11.6 Å². The molecule has 0 bridgehead atoms. The maximum atomic E-state index is 11.4. The minimum Gasteiger partial charge on any atom is -0.462 e. The fraction of sp³-hybridized carbons (Fsp3) is 0.462. The first kappa shape index (κ1) is 13.9. The van der Waals surface area contributed by atoms with E-state index in [9.17, 15) is 4.79 Å². The average molecular weight is 253 g/mol. The minimum atomic E-state index is -0.263. The molecule has 1 rings (SSSR count). The summed E-state index contributed by atoms with van der Waals surface area (Å²) in [6, 6.07) is 7.39. The van der Waals surface area contributed by atoms with Crippen LogP contribution in [0.1, 0.15) is 23.7 Å². The zero-order valence-electron chi connectivity index (χ0n) is 10.4. The van der Waals surface area contributed by atoms with Crippen molar-refractivity contribution < 1.29 is 9.53 Å².